The fourth-order valence-corrected chi connectivity index (χ4v) is 4.77. The van der Waals surface area contributed by atoms with Gasteiger partial charge in [0.2, 0.25) is 0 Å². The van der Waals surface area contributed by atoms with E-state index in [1.54, 1.807) is 55.5 Å². The van der Waals surface area contributed by atoms with Crippen molar-refractivity contribution in [1.29, 1.82) is 0 Å². The molecule has 1 unspecified atom stereocenters. The lowest BCUT2D eigenvalue weighted by atomic mass is 10.00. The summed E-state index contributed by atoms with van der Waals surface area (Å²) >= 11 is 0. The third kappa shape index (κ3) is 4.09. The molecule has 0 radical (unpaired) electrons. The highest BCUT2D eigenvalue weighted by atomic mass is 32.2. The Hall–Kier alpha value is -3.12. The van der Waals surface area contributed by atoms with Crippen LogP contribution in [-0.2, 0) is 24.1 Å². The van der Waals surface area contributed by atoms with Crippen LogP contribution in [0, 0.1) is 6.92 Å². The minimum atomic E-state index is -4.11. The van der Waals surface area contributed by atoms with Gasteiger partial charge in [-0.2, -0.15) is 0 Å². The molecule has 0 saturated heterocycles. The highest BCUT2D eigenvalue weighted by Gasteiger charge is 2.50. The Bertz CT molecular complexity index is 1120. The second-order valence-electron chi connectivity index (χ2n) is 7.01. The van der Waals surface area contributed by atoms with Crippen LogP contribution >= 0.6 is 0 Å². The van der Waals surface area contributed by atoms with Gasteiger partial charge in [0.25, 0.3) is 0 Å². The lowest BCUT2D eigenvalue weighted by Gasteiger charge is -2.28. The van der Waals surface area contributed by atoms with E-state index in [1.807, 2.05) is 25.1 Å². The molecular weight excluding hydrogens is 400 g/mol. The van der Waals surface area contributed by atoms with Crippen LogP contribution in [0.25, 0.3) is 0 Å². The number of benzene rings is 3. The highest BCUT2D eigenvalue weighted by molar-refractivity contribution is 7.93. The van der Waals surface area contributed by atoms with Crippen molar-refractivity contribution >= 4 is 15.8 Å². The van der Waals surface area contributed by atoms with Crippen LogP contribution in [0.4, 0.5) is 0 Å². The first-order valence-corrected chi connectivity index (χ1v) is 11.1. The number of para-hydroxylation sites is 1. The number of hydrogen-bond donors (Lipinski definition) is 0. The first-order valence-electron chi connectivity index (χ1n) is 9.61. The van der Waals surface area contributed by atoms with Gasteiger partial charge >= 0.3 is 5.97 Å². The van der Waals surface area contributed by atoms with Gasteiger partial charge in [0.1, 0.15) is 11.5 Å². The second-order valence-corrected chi connectivity index (χ2v) is 9.31. The van der Waals surface area contributed by atoms with E-state index in [0.717, 1.165) is 5.56 Å². The number of rotatable bonds is 7. The monoisotopic (exact) mass is 424 g/mol. The van der Waals surface area contributed by atoms with E-state index in [9.17, 15) is 13.2 Å². The second kappa shape index (κ2) is 8.71. The van der Waals surface area contributed by atoms with Gasteiger partial charge in [0.15, 0.2) is 14.6 Å². The summed E-state index contributed by atoms with van der Waals surface area (Å²) < 4.78 is 36.3. The summed E-state index contributed by atoms with van der Waals surface area (Å²) in [5, 5.41) is 0. The number of esters is 1. The number of aryl methyl sites for hydroxylation is 1. The molecule has 0 fully saturated rings. The summed E-state index contributed by atoms with van der Waals surface area (Å²) in [5.74, 6) is 0.199. The molecule has 0 amide bonds. The van der Waals surface area contributed by atoms with Crippen molar-refractivity contribution in [3.05, 3.63) is 90.0 Å². The van der Waals surface area contributed by atoms with Gasteiger partial charge in [-0.25, -0.2) is 13.2 Å². The predicted octanol–water partition coefficient (Wildman–Crippen LogP) is 5.04. The van der Waals surface area contributed by atoms with Gasteiger partial charge in [0, 0.05) is 0 Å². The molecule has 3 rings (SSSR count). The van der Waals surface area contributed by atoms with Crippen molar-refractivity contribution in [2.45, 2.75) is 30.4 Å². The molecule has 30 heavy (non-hydrogen) atoms. The van der Waals surface area contributed by atoms with Crippen molar-refractivity contribution in [2.75, 3.05) is 6.61 Å². The van der Waals surface area contributed by atoms with E-state index in [0.29, 0.717) is 11.5 Å². The lowest BCUT2D eigenvalue weighted by molar-refractivity contribution is -0.146. The van der Waals surface area contributed by atoms with Gasteiger partial charge < -0.3 is 9.47 Å². The van der Waals surface area contributed by atoms with Gasteiger partial charge in [-0.1, -0.05) is 48.0 Å². The molecule has 0 aliphatic rings. The topological polar surface area (TPSA) is 69.7 Å². The average Bonchev–Trinajstić information content (AvgIpc) is 2.74. The van der Waals surface area contributed by atoms with Crippen molar-refractivity contribution in [2.24, 2.45) is 0 Å². The van der Waals surface area contributed by atoms with Crippen molar-refractivity contribution < 1.29 is 22.7 Å². The third-order valence-electron chi connectivity index (χ3n) is 4.90. The van der Waals surface area contributed by atoms with E-state index in [2.05, 4.69) is 0 Å². The SMILES string of the molecule is CCOC(=O)C(C)(c1cccc(Oc2ccccc2)c1)S(=O)(=O)c1ccc(C)cc1. The minimum Gasteiger partial charge on any atom is -0.465 e. The number of ether oxygens (including phenoxy) is 2. The number of hydrogen-bond acceptors (Lipinski definition) is 5. The van der Waals surface area contributed by atoms with E-state index in [1.165, 1.54) is 19.1 Å². The molecule has 0 bridgehead atoms. The van der Waals surface area contributed by atoms with Crippen molar-refractivity contribution in [3.8, 4) is 11.5 Å². The number of sulfone groups is 1. The Kier molecular flexibility index (Phi) is 6.27. The quantitative estimate of drug-likeness (QED) is 0.497. The van der Waals surface area contributed by atoms with Crippen molar-refractivity contribution in [3.63, 3.8) is 0 Å². The molecule has 0 aliphatic carbocycles. The first kappa shape index (κ1) is 21.6. The van der Waals surface area contributed by atoms with Gasteiger partial charge in [0.05, 0.1) is 11.5 Å². The normalized spacial score (nSPS) is 13.3. The molecule has 3 aromatic rings. The molecule has 0 aromatic heterocycles. The van der Waals surface area contributed by atoms with Crippen LogP contribution in [0.5, 0.6) is 11.5 Å². The number of carbonyl (C=O) groups excluding carboxylic acids is 1. The van der Waals surface area contributed by atoms with Crippen LogP contribution in [0.1, 0.15) is 25.0 Å². The Morgan fingerprint density at radius 3 is 2.17 bits per heavy atom. The van der Waals surface area contributed by atoms with E-state index in [4.69, 9.17) is 9.47 Å². The van der Waals surface area contributed by atoms with Gasteiger partial charge in [-0.15, -0.1) is 0 Å². The third-order valence-corrected chi connectivity index (χ3v) is 7.27. The van der Waals surface area contributed by atoms with Crippen LogP contribution < -0.4 is 4.74 Å². The summed E-state index contributed by atoms with van der Waals surface area (Å²) in [6, 6.07) is 22.1. The first-order chi connectivity index (χ1) is 14.3. The maximum Gasteiger partial charge on any atom is 0.332 e. The molecule has 6 heteroatoms. The maximum atomic E-state index is 13.6. The van der Waals surface area contributed by atoms with Crippen LogP contribution in [0.3, 0.4) is 0 Å². The molecular formula is C24H24O5S. The van der Waals surface area contributed by atoms with Crippen LogP contribution in [0.2, 0.25) is 0 Å². The maximum absolute atomic E-state index is 13.6. The standard InChI is InChI=1S/C24H24O5S/c1-4-28-23(25)24(3,30(26,27)22-15-13-18(2)14-16-22)19-9-8-12-21(17-19)29-20-10-6-5-7-11-20/h5-17H,4H2,1-3H3. The molecule has 1 atom stereocenters. The molecule has 156 valence electrons. The Morgan fingerprint density at radius 1 is 0.900 bits per heavy atom. The zero-order chi connectivity index (χ0) is 21.8. The molecule has 0 spiro atoms. The van der Waals surface area contributed by atoms with Gasteiger partial charge in [-0.3, -0.25) is 0 Å². The molecule has 5 nitrogen and oxygen atoms in total. The van der Waals surface area contributed by atoms with Crippen molar-refractivity contribution in [1.82, 2.24) is 0 Å². The largest absolute Gasteiger partial charge is 0.465 e. The average molecular weight is 425 g/mol. The van der Waals surface area contributed by atoms with Crippen LogP contribution in [0.15, 0.2) is 83.8 Å². The molecule has 0 aliphatic heterocycles. The van der Waals surface area contributed by atoms with E-state index < -0.39 is 20.6 Å². The molecule has 3 aromatic carbocycles. The summed E-state index contributed by atoms with van der Waals surface area (Å²) in [5.41, 5.74) is 1.19. The van der Waals surface area contributed by atoms with Crippen LogP contribution in [-0.4, -0.2) is 21.0 Å². The summed E-state index contributed by atoms with van der Waals surface area (Å²) in [6.45, 7) is 4.96. The molecule has 0 N–H and O–H groups in total. The Morgan fingerprint density at radius 2 is 1.53 bits per heavy atom. The fourth-order valence-electron chi connectivity index (χ4n) is 3.09. The fraction of sp³-hybridized carbons (Fsp3) is 0.208. The summed E-state index contributed by atoms with van der Waals surface area (Å²) in [7, 11) is -4.11. The van der Waals surface area contributed by atoms with Gasteiger partial charge in [-0.05, 0) is 62.7 Å². The highest BCUT2D eigenvalue weighted by Crippen LogP contribution is 2.38. The Labute approximate surface area is 177 Å². The van der Waals surface area contributed by atoms with E-state index in [-0.39, 0.29) is 17.1 Å². The molecule has 0 saturated carbocycles. The number of carbonyl (C=O) groups is 1. The summed E-state index contributed by atoms with van der Waals surface area (Å²) in [4.78, 5) is 13.0. The smallest absolute Gasteiger partial charge is 0.332 e. The minimum absolute atomic E-state index is 0.0537. The zero-order valence-corrected chi connectivity index (χ0v) is 18.0. The lowest BCUT2D eigenvalue weighted by Crippen LogP contribution is -2.42. The zero-order valence-electron chi connectivity index (χ0n) is 17.2. The molecule has 0 heterocycles. The van der Waals surface area contributed by atoms with E-state index >= 15 is 0 Å². The predicted molar refractivity (Wildman–Crippen MR) is 115 cm³/mol. The Balaban J connectivity index is 2.11. The summed E-state index contributed by atoms with van der Waals surface area (Å²) in [6.07, 6.45) is 0.